The lowest BCUT2D eigenvalue weighted by molar-refractivity contribution is 0.213. The van der Waals surface area contributed by atoms with Crippen molar-refractivity contribution in [3.63, 3.8) is 0 Å². The van der Waals surface area contributed by atoms with Crippen LogP contribution in [0.1, 0.15) is 13.3 Å². The number of carbonyl (C=O) groups is 1. The van der Waals surface area contributed by atoms with Crippen LogP contribution in [0.2, 0.25) is 0 Å². The number of aryl methyl sites for hydroxylation is 1. The first-order valence-electron chi connectivity index (χ1n) is 7.92. The van der Waals surface area contributed by atoms with Crippen LogP contribution >= 0.6 is 11.8 Å². The van der Waals surface area contributed by atoms with Crippen molar-refractivity contribution in [1.82, 2.24) is 14.5 Å². The van der Waals surface area contributed by atoms with E-state index in [1.54, 1.807) is 6.20 Å². The van der Waals surface area contributed by atoms with Crippen molar-refractivity contribution in [2.24, 2.45) is 7.05 Å². The number of nitrogens with one attached hydrogen (secondary N) is 1. The molecule has 1 aliphatic rings. The summed E-state index contributed by atoms with van der Waals surface area (Å²) in [5.74, 6) is 1.90. The van der Waals surface area contributed by atoms with Gasteiger partial charge in [-0.2, -0.15) is 11.8 Å². The second-order valence-corrected chi connectivity index (χ2v) is 7.13. The van der Waals surface area contributed by atoms with Gasteiger partial charge in [-0.25, -0.2) is 9.78 Å². The SMILES string of the molecule is CCC1CN(C(=O)Nc2cccc(-c3nccn3C)c2)CCS1. The molecule has 1 saturated heterocycles. The lowest BCUT2D eigenvalue weighted by Crippen LogP contribution is -2.43. The highest BCUT2D eigenvalue weighted by molar-refractivity contribution is 8.00. The standard InChI is InChI=1S/C17H22N4OS/c1-3-15-12-21(9-10-23-15)17(22)19-14-6-4-5-13(11-14)16-18-7-8-20(16)2/h4-8,11,15H,3,9-10,12H2,1-2H3,(H,19,22). The van der Waals surface area contributed by atoms with E-state index in [0.717, 1.165) is 42.3 Å². The molecule has 0 aliphatic carbocycles. The molecular formula is C17H22N4OS. The Labute approximate surface area is 141 Å². The fourth-order valence-corrected chi connectivity index (χ4v) is 3.91. The molecule has 5 nitrogen and oxygen atoms in total. The molecule has 1 atom stereocenters. The Balaban J connectivity index is 1.70. The lowest BCUT2D eigenvalue weighted by atomic mass is 10.2. The van der Waals surface area contributed by atoms with Crippen molar-refractivity contribution < 1.29 is 4.79 Å². The molecule has 0 bridgehead atoms. The van der Waals surface area contributed by atoms with E-state index in [0.29, 0.717) is 5.25 Å². The van der Waals surface area contributed by atoms with Crippen LogP contribution in [-0.2, 0) is 7.05 Å². The van der Waals surface area contributed by atoms with Gasteiger partial charge in [0.1, 0.15) is 5.82 Å². The zero-order valence-electron chi connectivity index (χ0n) is 13.5. The summed E-state index contributed by atoms with van der Waals surface area (Å²) in [6, 6.07) is 7.82. The van der Waals surface area contributed by atoms with Gasteiger partial charge in [0.05, 0.1) is 0 Å². The van der Waals surface area contributed by atoms with E-state index >= 15 is 0 Å². The molecule has 0 spiro atoms. The Morgan fingerprint density at radius 3 is 3.09 bits per heavy atom. The molecule has 1 fully saturated rings. The van der Waals surface area contributed by atoms with Crippen LogP contribution in [-0.4, -0.2) is 44.6 Å². The summed E-state index contributed by atoms with van der Waals surface area (Å²) in [5, 5.41) is 3.57. The van der Waals surface area contributed by atoms with Crippen LogP contribution in [0.4, 0.5) is 10.5 Å². The van der Waals surface area contributed by atoms with Gasteiger partial charge in [0, 0.05) is 54.8 Å². The van der Waals surface area contributed by atoms with Crippen molar-refractivity contribution in [1.29, 1.82) is 0 Å². The highest BCUT2D eigenvalue weighted by Crippen LogP contribution is 2.23. The molecule has 2 aromatic rings. The molecule has 2 amide bonds. The Morgan fingerprint density at radius 1 is 1.48 bits per heavy atom. The first kappa shape index (κ1) is 15.9. The van der Waals surface area contributed by atoms with Crippen LogP contribution in [0, 0.1) is 0 Å². The summed E-state index contributed by atoms with van der Waals surface area (Å²) in [4.78, 5) is 18.7. The number of urea groups is 1. The average molecular weight is 330 g/mol. The normalized spacial score (nSPS) is 18.0. The third-order valence-corrected chi connectivity index (χ3v) is 5.45. The Morgan fingerprint density at radius 2 is 2.35 bits per heavy atom. The second-order valence-electron chi connectivity index (χ2n) is 5.72. The van der Waals surface area contributed by atoms with Gasteiger partial charge in [-0.15, -0.1) is 0 Å². The van der Waals surface area contributed by atoms with E-state index in [4.69, 9.17) is 0 Å². The number of aromatic nitrogens is 2. The van der Waals surface area contributed by atoms with Gasteiger partial charge < -0.3 is 14.8 Å². The van der Waals surface area contributed by atoms with E-state index in [9.17, 15) is 4.79 Å². The Hall–Kier alpha value is -1.95. The minimum atomic E-state index is -0.0132. The van der Waals surface area contributed by atoms with Crippen molar-refractivity contribution in [2.75, 3.05) is 24.2 Å². The topological polar surface area (TPSA) is 50.2 Å². The van der Waals surface area contributed by atoms with Crippen LogP contribution in [0.5, 0.6) is 0 Å². The fourth-order valence-electron chi connectivity index (χ4n) is 2.73. The molecule has 6 heteroatoms. The predicted octanol–water partition coefficient (Wildman–Crippen LogP) is 3.45. The number of rotatable bonds is 3. The van der Waals surface area contributed by atoms with Gasteiger partial charge in [-0.3, -0.25) is 0 Å². The van der Waals surface area contributed by atoms with Gasteiger partial charge in [0.25, 0.3) is 0 Å². The summed E-state index contributed by atoms with van der Waals surface area (Å²) in [6.45, 7) is 3.81. The van der Waals surface area contributed by atoms with Gasteiger partial charge in [-0.05, 0) is 18.6 Å². The maximum atomic E-state index is 12.5. The Bertz CT molecular complexity index is 685. The largest absolute Gasteiger partial charge is 0.334 e. The molecule has 122 valence electrons. The molecule has 23 heavy (non-hydrogen) atoms. The molecule has 1 unspecified atom stereocenters. The number of carbonyl (C=O) groups excluding carboxylic acids is 1. The molecule has 1 aromatic heterocycles. The van der Waals surface area contributed by atoms with E-state index in [-0.39, 0.29) is 6.03 Å². The summed E-state index contributed by atoms with van der Waals surface area (Å²) >= 11 is 1.96. The summed E-state index contributed by atoms with van der Waals surface area (Å²) in [5.41, 5.74) is 1.80. The number of amides is 2. The van der Waals surface area contributed by atoms with Crippen molar-refractivity contribution >= 4 is 23.5 Å². The molecule has 3 rings (SSSR count). The zero-order chi connectivity index (χ0) is 16.2. The van der Waals surface area contributed by atoms with Gasteiger partial charge in [-0.1, -0.05) is 19.1 Å². The monoisotopic (exact) mass is 330 g/mol. The average Bonchev–Trinajstić information content (AvgIpc) is 3.01. The molecule has 2 heterocycles. The summed E-state index contributed by atoms with van der Waals surface area (Å²) < 4.78 is 1.97. The summed E-state index contributed by atoms with van der Waals surface area (Å²) in [6.07, 6.45) is 4.79. The van der Waals surface area contributed by atoms with E-state index < -0.39 is 0 Å². The smallest absolute Gasteiger partial charge is 0.321 e. The number of thioether (sulfide) groups is 1. The maximum Gasteiger partial charge on any atom is 0.321 e. The highest BCUT2D eigenvalue weighted by atomic mass is 32.2. The van der Waals surface area contributed by atoms with E-state index in [1.165, 1.54) is 0 Å². The number of benzene rings is 1. The first-order chi connectivity index (χ1) is 11.2. The van der Waals surface area contributed by atoms with Crippen molar-refractivity contribution in [3.8, 4) is 11.4 Å². The van der Waals surface area contributed by atoms with Crippen LogP contribution in [0.25, 0.3) is 11.4 Å². The predicted molar refractivity (Wildman–Crippen MR) is 95.8 cm³/mol. The van der Waals surface area contributed by atoms with Crippen LogP contribution in [0.15, 0.2) is 36.7 Å². The maximum absolute atomic E-state index is 12.5. The fraction of sp³-hybridized carbons (Fsp3) is 0.412. The molecule has 1 N–H and O–H groups in total. The number of nitrogens with zero attached hydrogens (tertiary/aromatic N) is 3. The quantitative estimate of drug-likeness (QED) is 0.938. The molecule has 0 saturated carbocycles. The third kappa shape index (κ3) is 3.69. The van der Waals surface area contributed by atoms with Gasteiger partial charge >= 0.3 is 6.03 Å². The van der Waals surface area contributed by atoms with E-state index in [1.807, 2.05) is 58.7 Å². The molecular weight excluding hydrogens is 308 g/mol. The molecule has 0 radical (unpaired) electrons. The van der Waals surface area contributed by atoms with Gasteiger partial charge in [0.2, 0.25) is 0 Å². The van der Waals surface area contributed by atoms with Crippen LogP contribution < -0.4 is 5.32 Å². The third-order valence-electron chi connectivity index (χ3n) is 4.07. The van der Waals surface area contributed by atoms with Crippen molar-refractivity contribution in [2.45, 2.75) is 18.6 Å². The number of anilines is 1. The zero-order valence-corrected chi connectivity index (χ0v) is 14.3. The number of hydrogen-bond donors (Lipinski definition) is 1. The lowest BCUT2D eigenvalue weighted by Gasteiger charge is -2.31. The number of hydrogen-bond acceptors (Lipinski definition) is 3. The van der Waals surface area contributed by atoms with E-state index in [2.05, 4.69) is 17.2 Å². The summed E-state index contributed by atoms with van der Waals surface area (Å²) in [7, 11) is 1.96. The number of imidazole rings is 1. The second kappa shape index (κ2) is 7.08. The minimum absolute atomic E-state index is 0.0132. The Kier molecular flexibility index (Phi) is 4.91. The molecule has 1 aliphatic heterocycles. The first-order valence-corrected chi connectivity index (χ1v) is 8.97. The van der Waals surface area contributed by atoms with Crippen molar-refractivity contribution in [3.05, 3.63) is 36.7 Å². The molecule has 1 aromatic carbocycles. The highest BCUT2D eigenvalue weighted by Gasteiger charge is 2.23. The van der Waals surface area contributed by atoms with Crippen LogP contribution in [0.3, 0.4) is 0 Å². The minimum Gasteiger partial charge on any atom is -0.334 e. The van der Waals surface area contributed by atoms with Gasteiger partial charge in [0.15, 0.2) is 0 Å².